The summed E-state index contributed by atoms with van der Waals surface area (Å²) < 4.78 is 0. The van der Waals surface area contributed by atoms with E-state index in [0.717, 1.165) is 12.0 Å². The van der Waals surface area contributed by atoms with Crippen LogP contribution in [-0.4, -0.2) is 5.78 Å². The van der Waals surface area contributed by atoms with E-state index in [-0.39, 0.29) is 5.92 Å². The summed E-state index contributed by atoms with van der Waals surface area (Å²) in [5.74, 6) is 1.20. The summed E-state index contributed by atoms with van der Waals surface area (Å²) in [6.07, 6.45) is 3.47. The van der Waals surface area contributed by atoms with Gasteiger partial charge in [-0.15, -0.1) is 0 Å². The Balaban J connectivity index is 2.16. The molecule has 0 spiro atoms. The molecule has 1 aromatic carbocycles. The molecule has 1 aliphatic rings. The molecule has 80 valence electrons. The van der Waals surface area contributed by atoms with Crippen LogP contribution in [0.15, 0.2) is 24.3 Å². The molecule has 0 heterocycles. The van der Waals surface area contributed by atoms with Gasteiger partial charge in [-0.1, -0.05) is 32.0 Å². The third kappa shape index (κ3) is 2.28. The van der Waals surface area contributed by atoms with E-state index in [1.807, 2.05) is 18.2 Å². The molecule has 1 heteroatoms. The lowest BCUT2D eigenvalue weighted by molar-refractivity contribution is 0.0916. The van der Waals surface area contributed by atoms with Gasteiger partial charge in [0.05, 0.1) is 0 Å². The fourth-order valence-corrected chi connectivity index (χ4v) is 2.02. The zero-order chi connectivity index (χ0) is 10.8. The molecule has 15 heavy (non-hydrogen) atoms. The van der Waals surface area contributed by atoms with E-state index >= 15 is 0 Å². The summed E-state index contributed by atoms with van der Waals surface area (Å²) in [5.41, 5.74) is 2.15. The Morgan fingerprint density at radius 3 is 2.80 bits per heavy atom. The Bertz CT molecular complexity index is 363. The molecule has 1 atom stereocenters. The Morgan fingerprint density at radius 1 is 1.47 bits per heavy atom. The van der Waals surface area contributed by atoms with Gasteiger partial charge in [0.1, 0.15) is 0 Å². The van der Waals surface area contributed by atoms with Crippen LogP contribution in [0.4, 0.5) is 0 Å². The third-order valence-electron chi connectivity index (χ3n) is 3.36. The van der Waals surface area contributed by atoms with Crippen molar-refractivity contribution in [1.29, 1.82) is 0 Å². The number of rotatable bonds is 4. The van der Waals surface area contributed by atoms with E-state index in [1.165, 1.54) is 18.4 Å². The Hall–Kier alpha value is -1.11. The third-order valence-corrected chi connectivity index (χ3v) is 3.36. The lowest BCUT2D eigenvalue weighted by Crippen LogP contribution is -2.13. The van der Waals surface area contributed by atoms with Crippen LogP contribution in [0.25, 0.3) is 0 Å². The summed E-state index contributed by atoms with van der Waals surface area (Å²) in [6, 6.07) is 8.06. The molecule has 0 saturated heterocycles. The van der Waals surface area contributed by atoms with Crippen molar-refractivity contribution in [1.82, 2.24) is 0 Å². The van der Waals surface area contributed by atoms with Gasteiger partial charge in [0.25, 0.3) is 0 Å². The molecular formula is C14H18O. The lowest BCUT2D eigenvalue weighted by atomic mass is 9.94. The van der Waals surface area contributed by atoms with Crippen molar-refractivity contribution in [3.8, 4) is 0 Å². The van der Waals surface area contributed by atoms with Crippen molar-refractivity contribution < 1.29 is 4.79 Å². The Kier molecular flexibility index (Phi) is 2.90. The van der Waals surface area contributed by atoms with E-state index in [2.05, 4.69) is 19.9 Å². The normalized spacial score (nSPS) is 17.5. The van der Waals surface area contributed by atoms with Crippen molar-refractivity contribution in [3.05, 3.63) is 35.4 Å². The van der Waals surface area contributed by atoms with Gasteiger partial charge in [0.2, 0.25) is 0 Å². The number of ketones is 1. The molecule has 0 bridgehead atoms. The standard InChI is InChI=1S/C14H18O/c1-3-11-5-4-6-13(9-11)14(15)10(2)12-7-8-12/h4-6,9-10,12H,3,7-8H2,1-2H3. The highest BCUT2D eigenvalue weighted by atomic mass is 16.1. The Labute approximate surface area is 91.5 Å². The average Bonchev–Trinajstić information content (AvgIpc) is 3.11. The molecule has 1 aromatic rings. The van der Waals surface area contributed by atoms with Crippen LogP contribution in [0.1, 0.15) is 42.6 Å². The number of aryl methyl sites for hydroxylation is 1. The fourth-order valence-electron chi connectivity index (χ4n) is 2.02. The second-order valence-electron chi connectivity index (χ2n) is 4.54. The Morgan fingerprint density at radius 2 is 2.20 bits per heavy atom. The van der Waals surface area contributed by atoms with E-state index in [1.54, 1.807) is 0 Å². The molecule has 1 saturated carbocycles. The van der Waals surface area contributed by atoms with Crippen LogP contribution in [0, 0.1) is 11.8 Å². The van der Waals surface area contributed by atoms with Gasteiger partial charge in [0, 0.05) is 11.5 Å². The summed E-state index contributed by atoms with van der Waals surface area (Å²) in [6.45, 7) is 4.19. The van der Waals surface area contributed by atoms with Crippen LogP contribution >= 0.6 is 0 Å². The minimum Gasteiger partial charge on any atom is -0.294 e. The minimum atomic E-state index is 0.220. The van der Waals surface area contributed by atoms with Crippen molar-refractivity contribution in [2.24, 2.45) is 11.8 Å². The fraction of sp³-hybridized carbons (Fsp3) is 0.500. The lowest BCUT2D eigenvalue weighted by Gasteiger charge is -2.09. The highest BCUT2D eigenvalue weighted by Gasteiger charge is 2.32. The molecule has 1 fully saturated rings. The maximum atomic E-state index is 12.1. The molecule has 0 amide bonds. The van der Waals surface area contributed by atoms with Gasteiger partial charge in [-0.2, -0.15) is 0 Å². The number of carbonyl (C=O) groups is 1. The van der Waals surface area contributed by atoms with Crippen LogP contribution < -0.4 is 0 Å². The smallest absolute Gasteiger partial charge is 0.165 e. The van der Waals surface area contributed by atoms with Gasteiger partial charge >= 0.3 is 0 Å². The van der Waals surface area contributed by atoms with Gasteiger partial charge < -0.3 is 0 Å². The quantitative estimate of drug-likeness (QED) is 0.683. The number of Topliss-reactive ketones (excluding diaryl/α,β-unsaturated/α-hetero) is 1. The first-order chi connectivity index (χ1) is 7.22. The highest BCUT2D eigenvalue weighted by Crippen LogP contribution is 2.38. The monoisotopic (exact) mass is 202 g/mol. The van der Waals surface area contributed by atoms with Crippen molar-refractivity contribution in [3.63, 3.8) is 0 Å². The number of benzene rings is 1. The first-order valence-electron chi connectivity index (χ1n) is 5.85. The first kappa shape index (κ1) is 10.4. The van der Waals surface area contributed by atoms with E-state index in [9.17, 15) is 4.79 Å². The predicted molar refractivity (Wildman–Crippen MR) is 62.0 cm³/mol. The van der Waals surface area contributed by atoms with Gasteiger partial charge in [-0.3, -0.25) is 4.79 Å². The van der Waals surface area contributed by atoms with Crippen LogP contribution in [-0.2, 0) is 6.42 Å². The molecule has 1 unspecified atom stereocenters. The summed E-state index contributed by atoms with van der Waals surface area (Å²) in [4.78, 5) is 12.1. The van der Waals surface area contributed by atoms with Gasteiger partial charge in [-0.25, -0.2) is 0 Å². The van der Waals surface area contributed by atoms with Crippen LogP contribution in [0.5, 0.6) is 0 Å². The average molecular weight is 202 g/mol. The molecular weight excluding hydrogens is 184 g/mol. The largest absolute Gasteiger partial charge is 0.294 e. The molecule has 0 aromatic heterocycles. The molecule has 1 aliphatic carbocycles. The SMILES string of the molecule is CCc1cccc(C(=O)C(C)C2CC2)c1. The van der Waals surface area contributed by atoms with Crippen molar-refractivity contribution in [2.45, 2.75) is 33.1 Å². The number of hydrogen-bond donors (Lipinski definition) is 0. The molecule has 0 aliphatic heterocycles. The van der Waals surface area contributed by atoms with Gasteiger partial charge in [-0.05, 0) is 36.8 Å². The predicted octanol–water partition coefficient (Wildman–Crippen LogP) is 3.48. The second-order valence-corrected chi connectivity index (χ2v) is 4.54. The van der Waals surface area contributed by atoms with E-state index in [4.69, 9.17) is 0 Å². The van der Waals surface area contributed by atoms with E-state index in [0.29, 0.717) is 11.7 Å². The first-order valence-corrected chi connectivity index (χ1v) is 5.85. The van der Waals surface area contributed by atoms with Gasteiger partial charge in [0.15, 0.2) is 5.78 Å². The molecule has 2 rings (SSSR count). The topological polar surface area (TPSA) is 17.1 Å². The van der Waals surface area contributed by atoms with Crippen LogP contribution in [0.2, 0.25) is 0 Å². The molecule has 0 N–H and O–H groups in total. The maximum Gasteiger partial charge on any atom is 0.165 e. The van der Waals surface area contributed by atoms with E-state index < -0.39 is 0 Å². The second kappa shape index (κ2) is 4.18. The summed E-state index contributed by atoms with van der Waals surface area (Å²) in [7, 11) is 0. The van der Waals surface area contributed by atoms with Crippen molar-refractivity contribution >= 4 is 5.78 Å². The number of carbonyl (C=O) groups excluding carboxylic acids is 1. The highest BCUT2D eigenvalue weighted by molar-refractivity contribution is 5.98. The van der Waals surface area contributed by atoms with Crippen molar-refractivity contribution in [2.75, 3.05) is 0 Å². The molecule has 1 nitrogen and oxygen atoms in total. The minimum absolute atomic E-state index is 0.220. The summed E-state index contributed by atoms with van der Waals surface area (Å²) >= 11 is 0. The summed E-state index contributed by atoms with van der Waals surface area (Å²) in [5, 5.41) is 0. The zero-order valence-electron chi connectivity index (χ0n) is 9.49. The molecule has 0 radical (unpaired) electrons. The maximum absolute atomic E-state index is 12.1. The van der Waals surface area contributed by atoms with Crippen LogP contribution in [0.3, 0.4) is 0 Å². The number of hydrogen-bond acceptors (Lipinski definition) is 1. The zero-order valence-corrected chi connectivity index (χ0v) is 9.49.